The van der Waals surface area contributed by atoms with Crippen molar-refractivity contribution < 1.29 is 4.43 Å². The van der Waals surface area contributed by atoms with Crippen molar-refractivity contribution in [2.45, 2.75) is 65.3 Å². The van der Waals surface area contributed by atoms with E-state index in [-0.39, 0.29) is 11.1 Å². The number of hydrogen-bond donors (Lipinski definition) is 0. The first-order valence-corrected chi connectivity index (χ1v) is 12.6. The summed E-state index contributed by atoms with van der Waals surface area (Å²) in [6, 6.07) is 0. The van der Waals surface area contributed by atoms with Crippen molar-refractivity contribution in [1.82, 2.24) is 4.98 Å². The fraction of sp³-hybridized carbons (Fsp3) is 0.588. The van der Waals surface area contributed by atoms with Gasteiger partial charge in [0.05, 0.1) is 16.8 Å². The summed E-state index contributed by atoms with van der Waals surface area (Å²) in [5.41, 5.74) is 2.30. The van der Waals surface area contributed by atoms with Gasteiger partial charge < -0.3 is 4.43 Å². The highest BCUT2D eigenvalue weighted by molar-refractivity contribution is 14.1. The van der Waals surface area contributed by atoms with Gasteiger partial charge in [-0.1, -0.05) is 49.4 Å². The first kappa shape index (κ1) is 20.1. The average molecular weight is 449 g/mol. The average Bonchev–Trinajstić information content (AvgIpc) is 2.78. The lowest BCUT2D eigenvalue weighted by Gasteiger charge is -2.39. The Labute approximate surface area is 154 Å². The third-order valence-corrected chi connectivity index (χ3v) is 9.99. The van der Waals surface area contributed by atoms with Crippen molar-refractivity contribution in [2.24, 2.45) is 0 Å². The van der Waals surface area contributed by atoms with Crippen LogP contribution in [0.3, 0.4) is 0 Å². The maximum absolute atomic E-state index is 6.64. The van der Waals surface area contributed by atoms with E-state index < -0.39 is 8.32 Å². The maximum atomic E-state index is 6.64. The molecule has 1 heterocycles. The molecule has 0 fully saturated rings. The lowest BCUT2D eigenvalue weighted by Crippen LogP contribution is -2.44. The van der Waals surface area contributed by atoms with Crippen molar-refractivity contribution in [3.8, 4) is 0 Å². The molecule has 1 aromatic rings. The van der Waals surface area contributed by atoms with Crippen molar-refractivity contribution >= 4 is 48.3 Å². The molecule has 2 nitrogen and oxygen atoms in total. The number of hydrogen-bond acceptors (Lipinski definition) is 3. The number of halogens is 1. The minimum atomic E-state index is -1.79. The van der Waals surface area contributed by atoms with Gasteiger partial charge in [-0.15, -0.1) is 11.3 Å². The number of rotatable bonds is 6. The normalized spacial score (nSPS) is 15.5. The fourth-order valence-corrected chi connectivity index (χ4v) is 4.02. The van der Waals surface area contributed by atoms with Gasteiger partial charge in [-0.25, -0.2) is 4.98 Å². The second-order valence-electron chi connectivity index (χ2n) is 7.14. The third-order valence-electron chi connectivity index (χ3n) is 4.20. The lowest BCUT2D eigenvalue weighted by molar-refractivity contribution is 0.218. The van der Waals surface area contributed by atoms with Gasteiger partial charge in [0.25, 0.3) is 0 Å². The standard InChI is InChI=1S/C17H28INOSSi/c1-13(11-15-12-21-14(2)19-15)16(9-8-10-18)20-22(6,7)17(3,4)5/h8,10-12,16H,9H2,1-7H3/b10-8-,13-11+/t16-/m0/s1. The molecule has 0 unspecified atom stereocenters. The van der Waals surface area contributed by atoms with E-state index in [1.165, 1.54) is 5.57 Å². The second-order valence-corrected chi connectivity index (χ2v) is 13.7. The highest BCUT2D eigenvalue weighted by atomic mass is 127. The Morgan fingerprint density at radius 3 is 2.55 bits per heavy atom. The zero-order valence-corrected chi connectivity index (χ0v) is 18.7. The monoisotopic (exact) mass is 449 g/mol. The van der Waals surface area contributed by atoms with Crippen LogP contribution in [0.2, 0.25) is 18.1 Å². The fourth-order valence-electron chi connectivity index (χ4n) is 1.81. The molecule has 0 bridgehead atoms. The predicted octanol–water partition coefficient (Wildman–Crippen LogP) is 6.58. The quantitative estimate of drug-likeness (QED) is 0.361. The van der Waals surface area contributed by atoms with Crippen molar-refractivity contribution in [3.63, 3.8) is 0 Å². The molecule has 0 radical (unpaired) electrons. The Hall–Kier alpha value is 0.0169. The smallest absolute Gasteiger partial charge is 0.192 e. The van der Waals surface area contributed by atoms with Gasteiger partial charge in [-0.3, -0.25) is 0 Å². The van der Waals surface area contributed by atoms with Gasteiger partial charge in [0.1, 0.15) is 0 Å². The molecule has 0 aromatic carbocycles. The van der Waals surface area contributed by atoms with Gasteiger partial charge in [0.2, 0.25) is 0 Å². The largest absolute Gasteiger partial charge is 0.410 e. The van der Waals surface area contributed by atoms with E-state index in [0.717, 1.165) is 17.1 Å². The summed E-state index contributed by atoms with van der Waals surface area (Å²) in [5.74, 6) is 0. The van der Waals surface area contributed by atoms with Crippen LogP contribution in [0.5, 0.6) is 0 Å². The Morgan fingerprint density at radius 2 is 2.09 bits per heavy atom. The number of nitrogens with zero attached hydrogens (tertiary/aromatic N) is 1. The molecule has 0 aliphatic carbocycles. The Morgan fingerprint density at radius 1 is 1.45 bits per heavy atom. The second kappa shape index (κ2) is 8.21. The van der Waals surface area contributed by atoms with Crippen LogP contribution in [0.4, 0.5) is 0 Å². The molecule has 0 spiro atoms. The highest BCUT2D eigenvalue weighted by Gasteiger charge is 2.39. The minimum absolute atomic E-state index is 0.133. The molecule has 0 amide bonds. The molecular weight excluding hydrogens is 421 g/mol. The first-order valence-electron chi connectivity index (χ1n) is 7.60. The van der Waals surface area contributed by atoms with E-state index in [1.807, 2.05) is 6.92 Å². The van der Waals surface area contributed by atoms with Gasteiger partial charge in [0, 0.05) is 5.38 Å². The van der Waals surface area contributed by atoms with Crippen LogP contribution < -0.4 is 0 Å². The molecule has 22 heavy (non-hydrogen) atoms. The minimum Gasteiger partial charge on any atom is -0.410 e. The molecule has 124 valence electrons. The predicted molar refractivity (Wildman–Crippen MR) is 110 cm³/mol. The summed E-state index contributed by atoms with van der Waals surface area (Å²) in [4.78, 5) is 4.54. The van der Waals surface area contributed by atoms with Crippen LogP contribution in [-0.2, 0) is 4.43 Å². The van der Waals surface area contributed by atoms with E-state index in [9.17, 15) is 0 Å². The number of thiazole rings is 1. The SMILES string of the molecule is C/C(=C\c1csc(C)n1)[C@H](C/C=C\I)O[Si](C)(C)C(C)(C)C. The van der Waals surface area contributed by atoms with Crippen molar-refractivity contribution in [1.29, 1.82) is 0 Å². The molecule has 0 saturated heterocycles. The third kappa shape index (κ3) is 5.90. The molecule has 1 atom stereocenters. The van der Waals surface area contributed by atoms with Crippen LogP contribution in [0.25, 0.3) is 6.08 Å². The molecule has 5 heteroatoms. The van der Waals surface area contributed by atoms with E-state index in [0.29, 0.717) is 0 Å². The summed E-state index contributed by atoms with van der Waals surface area (Å²) in [7, 11) is -1.79. The van der Waals surface area contributed by atoms with Crippen LogP contribution in [0, 0.1) is 6.92 Å². The summed E-state index contributed by atoms with van der Waals surface area (Å²) >= 11 is 3.96. The number of aromatic nitrogens is 1. The molecule has 0 aliphatic heterocycles. The molecule has 1 aromatic heterocycles. The topological polar surface area (TPSA) is 22.1 Å². The summed E-state index contributed by atoms with van der Waals surface area (Å²) in [5, 5.41) is 3.43. The first-order chi connectivity index (χ1) is 10.1. The maximum Gasteiger partial charge on any atom is 0.192 e. The lowest BCUT2D eigenvalue weighted by atomic mass is 10.1. The highest BCUT2D eigenvalue weighted by Crippen LogP contribution is 2.38. The van der Waals surface area contributed by atoms with Crippen molar-refractivity contribution in [2.75, 3.05) is 0 Å². The van der Waals surface area contributed by atoms with Crippen LogP contribution in [0.15, 0.2) is 21.1 Å². The molecule has 0 aliphatic rings. The van der Waals surface area contributed by atoms with E-state index in [2.05, 4.69) is 90.0 Å². The van der Waals surface area contributed by atoms with Crippen molar-refractivity contribution in [3.05, 3.63) is 31.8 Å². The Balaban J connectivity index is 2.99. The van der Waals surface area contributed by atoms with Crippen LogP contribution in [0.1, 0.15) is 44.8 Å². The zero-order chi connectivity index (χ0) is 17.0. The molecule has 0 saturated carbocycles. The zero-order valence-electron chi connectivity index (χ0n) is 14.7. The Kier molecular flexibility index (Phi) is 7.49. The summed E-state index contributed by atoms with van der Waals surface area (Å²) < 4.78 is 8.71. The van der Waals surface area contributed by atoms with Crippen LogP contribution in [-0.4, -0.2) is 19.4 Å². The number of aryl methyl sites for hydroxylation is 1. The van der Waals surface area contributed by atoms with Gasteiger partial charge in [-0.2, -0.15) is 0 Å². The van der Waals surface area contributed by atoms with E-state index in [1.54, 1.807) is 11.3 Å². The molecule has 1 rings (SSSR count). The molecular formula is C17H28INOSSi. The van der Waals surface area contributed by atoms with E-state index >= 15 is 0 Å². The van der Waals surface area contributed by atoms with Crippen LogP contribution >= 0.6 is 33.9 Å². The molecule has 0 N–H and O–H groups in total. The summed E-state index contributed by atoms with van der Waals surface area (Å²) in [6.07, 6.45) is 5.40. The van der Waals surface area contributed by atoms with Gasteiger partial charge >= 0.3 is 0 Å². The van der Waals surface area contributed by atoms with Gasteiger partial charge in [0.15, 0.2) is 8.32 Å². The van der Waals surface area contributed by atoms with Gasteiger partial charge in [-0.05, 0) is 54.1 Å². The Bertz CT molecular complexity index is 543. The summed E-state index contributed by atoms with van der Waals surface area (Å²) in [6.45, 7) is 15.7. The van der Waals surface area contributed by atoms with E-state index in [4.69, 9.17) is 4.43 Å².